The molecular formula is C9H7ClF3NO3. The molecule has 0 fully saturated rings. The van der Waals surface area contributed by atoms with E-state index in [2.05, 4.69) is 0 Å². The van der Waals surface area contributed by atoms with Crippen LogP contribution in [0.15, 0.2) is 12.1 Å². The minimum absolute atomic E-state index is 0.348. The predicted octanol–water partition coefficient (Wildman–Crippen LogP) is 2.15. The minimum atomic E-state index is -4.74. The van der Waals surface area contributed by atoms with Gasteiger partial charge in [0.1, 0.15) is 11.8 Å². The maximum atomic E-state index is 12.4. The summed E-state index contributed by atoms with van der Waals surface area (Å²) in [5.41, 5.74) is 3.54. The van der Waals surface area contributed by atoms with E-state index >= 15 is 0 Å². The lowest BCUT2D eigenvalue weighted by Gasteiger charge is -2.14. The van der Waals surface area contributed by atoms with Crippen molar-refractivity contribution >= 4 is 17.6 Å². The molecular weight excluding hydrogens is 263 g/mol. The molecule has 0 bridgehead atoms. The van der Waals surface area contributed by atoms with Crippen LogP contribution in [0.1, 0.15) is 17.2 Å². The van der Waals surface area contributed by atoms with Crippen LogP contribution in [0.2, 0.25) is 5.02 Å². The Balaban J connectivity index is 3.33. The summed E-state index contributed by atoms with van der Waals surface area (Å²) in [4.78, 5) is 10.5. The predicted molar refractivity (Wildman–Crippen MR) is 52.7 cm³/mol. The molecule has 1 rings (SSSR count). The summed E-state index contributed by atoms with van der Waals surface area (Å²) in [5, 5.41) is 17.2. The van der Waals surface area contributed by atoms with Gasteiger partial charge < -0.3 is 15.9 Å². The van der Waals surface area contributed by atoms with Crippen molar-refractivity contribution in [2.24, 2.45) is 5.73 Å². The molecule has 0 aliphatic heterocycles. The van der Waals surface area contributed by atoms with Crippen molar-refractivity contribution in [3.8, 4) is 5.75 Å². The molecule has 17 heavy (non-hydrogen) atoms. The van der Waals surface area contributed by atoms with Crippen molar-refractivity contribution in [2.45, 2.75) is 12.2 Å². The Kier molecular flexibility index (Phi) is 3.53. The zero-order chi connectivity index (χ0) is 13.4. The van der Waals surface area contributed by atoms with Crippen molar-refractivity contribution < 1.29 is 28.2 Å². The number of rotatable bonds is 2. The molecule has 4 nitrogen and oxygen atoms in total. The summed E-state index contributed by atoms with van der Waals surface area (Å²) in [6.45, 7) is 0. The van der Waals surface area contributed by atoms with E-state index < -0.39 is 34.5 Å². The van der Waals surface area contributed by atoms with Crippen LogP contribution < -0.4 is 5.73 Å². The number of carboxylic acid groups (broad SMARTS) is 1. The number of phenolic OH excluding ortho intramolecular Hbond substituents is 1. The molecule has 94 valence electrons. The van der Waals surface area contributed by atoms with Gasteiger partial charge in [-0.3, -0.25) is 4.79 Å². The molecule has 0 amide bonds. The lowest BCUT2D eigenvalue weighted by molar-refractivity contribution is -0.138. The zero-order valence-electron chi connectivity index (χ0n) is 8.12. The second-order valence-electron chi connectivity index (χ2n) is 3.20. The summed E-state index contributed by atoms with van der Waals surface area (Å²) < 4.78 is 37.1. The van der Waals surface area contributed by atoms with Crippen molar-refractivity contribution in [1.82, 2.24) is 0 Å². The standard InChI is InChI=1S/C9H7ClF3NO3/c10-5-1-3(7(14)8(16)17)6(15)2-4(5)9(11,12)13/h1-2,7,15H,14H2,(H,16,17)/t7-/m0/s1. The van der Waals surface area contributed by atoms with Gasteiger partial charge in [0.2, 0.25) is 0 Å². The number of benzene rings is 1. The molecule has 1 aromatic rings. The van der Waals surface area contributed by atoms with Crippen LogP contribution in [-0.2, 0) is 11.0 Å². The van der Waals surface area contributed by atoms with Gasteiger partial charge in [0.15, 0.2) is 0 Å². The van der Waals surface area contributed by atoms with Crippen molar-refractivity contribution in [3.05, 3.63) is 28.3 Å². The highest BCUT2D eigenvalue weighted by Gasteiger charge is 2.35. The van der Waals surface area contributed by atoms with Gasteiger partial charge in [-0.25, -0.2) is 0 Å². The van der Waals surface area contributed by atoms with E-state index in [1.54, 1.807) is 0 Å². The summed E-state index contributed by atoms with van der Waals surface area (Å²) in [7, 11) is 0. The van der Waals surface area contributed by atoms with E-state index in [9.17, 15) is 23.1 Å². The quantitative estimate of drug-likeness (QED) is 0.768. The number of halogens is 4. The highest BCUT2D eigenvalue weighted by molar-refractivity contribution is 6.31. The topological polar surface area (TPSA) is 83.6 Å². The first-order chi connectivity index (χ1) is 7.64. The Hall–Kier alpha value is -1.47. The summed E-state index contributed by atoms with van der Waals surface area (Å²) >= 11 is 5.36. The van der Waals surface area contributed by atoms with Crippen molar-refractivity contribution in [2.75, 3.05) is 0 Å². The second kappa shape index (κ2) is 4.42. The lowest BCUT2D eigenvalue weighted by atomic mass is 10.0. The molecule has 0 heterocycles. The Morgan fingerprint density at radius 1 is 1.41 bits per heavy atom. The summed E-state index contributed by atoms with van der Waals surface area (Å²) in [6.07, 6.45) is -4.74. The van der Waals surface area contributed by atoms with Gasteiger partial charge in [0.25, 0.3) is 0 Å². The molecule has 8 heteroatoms. The second-order valence-corrected chi connectivity index (χ2v) is 3.61. The number of aliphatic carboxylic acids is 1. The Bertz CT molecular complexity index is 462. The molecule has 0 saturated heterocycles. The first kappa shape index (κ1) is 13.6. The Labute approximate surface area is 98.4 Å². The number of nitrogens with two attached hydrogens (primary N) is 1. The first-order valence-electron chi connectivity index (χ1n) is 4.22. The molecule has 0 unspecified atom stereocenters. The molecule has 0 aliphatic rings. The van der Waals surface area contributed by atoms with Gasteiger partial charge in [-0.15, -0.1) is 0 Å². The normalized spacial score (nSPS) is 13.5. The maximum absolute atomic E-state index is 12.4. The third kappa shape index (κ3) is 2.80. The van der Waals surface area contributed by atoms with Crippen molar-refractivity contribution in [3.63, 3.8) is 0 Å². The molecule has 4 N–H and O–H groups in total. The minimum Gasteiger partial charge on any atom is -0.508 e. The summed E-state index contributed by atoms with van der Waals surface area (Å²) in [5.74, 6) is -2.35. The van der Waals surface area contributed by atoms with Gasteiger partial charge in [0, 0.05) is 5.56 Å². The number of carbonyl (C=O) groups is 1. The van der Waals surface area contributed by atoms with Gasteiger partial charge >= 0.3 is 12.1 Å². The Morgan fingerprint density at radius 2 is 1.94 bits per heavy atom. The number of alkyl halides is 3. The van der Waals surface area contributed by atoms with Crippen LogP contribution in [0.25, 0.3) is 0 Å². The largest absolute Gasteiger partial charge is 0.508 e. The van der Waals surface area contributed by atoms with E-state index in [-0.39, 0.29) is 5.56 Å². The molecule has 0 radical (unpaired) electrons. The third-order valence-corrected chi connectivity index (χ3v) is 2.34. The molecule has 1 aromatic carbocycles. The SMILES string of the molecule is N[C@H](C(=O)O)c1cc(Cl)c(C(F)(F)F)cc1O. The Morgan fingerprint density at radius 3 is 2.35 bits per heavy atom. The highest BCUT2D eigenvalue weighted by atomic mass is 35.5. The fourth-order valence-electron chi connectivity index (χ4n) is 1.18. The average Bonchev–Trinajstić information content (AvgIpc) is 2.18. The fraction of sp³-hybridized carbons (Fsp3) is 0.222. The molecule has 0 aromatic heterocycles. The van der Waals surface area contributed by atoms with Crippen LogP contribution in [0.3, 0.4) is 0 Å². The van der Waals surface area contributed by atoms with Gasteiger partial charge in [-0.05, 0) is 12.1 Å². The number of phenols is 1. The highest BCUT2D eigenvalue weighted by Crippen LogP contribution is 2.39. The smallest absolute Gasteiger partial charge is 0.417 e. The van der Waals surface area contributed by atoms with Crippen LogP contribution in [0.5, 0.6) is 5.75 Å². The monoisotopic (exact) mass is 269 g/mol. The van der Waals surface area contributed by atoms with Crippen molar-refractivity contribution in [1.29, 1.82) is 0 Å². The first-order valence-corrected chi connectivity index (χ1v) is 4.60. The van der Waals surface area contributed by atoms with E-state index in [4.69, 9.17) is 22.4 Å². The molecule has 0 saturated carbocycles. The van der Waals surface area contributed by atoms with E-state index in [0.29, 0.717) is 12.1 Å². The van der Waals surface area contributed by atoms with Gasteiger partial charge in [0.05, 0.1) is 10.6 Å². The lowest BCUT2D eigenvalue weighted by Crippen LogP contribution is -2.21. The average molecular weight is 270 g/mol. The van der Waals surface area contributed by atoms with Crippen LogP contribution >= 0.6 is 11.6 Å². The fourth-order valence-corrected chi connectivity index (χ4v) is 1.46. The maximum Gasteiger partial charge on any atom is 0.417 e. The molecule has 0 spiro atoms. The van der Waals surface area contributed by atoms with Gasteiger partial charge in [-0.2, -0.15) is 13.2 Å². The zero-order valence-corrected chi connectivity index (χ0v) is 8.88. The van der Waals surface area contributed by atoms with E-state index in [1.165, 1.54) is 0 Å². The molecule has 1 atom stereocenters. The van der Waals surface area contributed by atoms with E-state index in [1.807, 2.05) is 0 Å². The number of carboxylic acids is 1. The molecule has 0 aliphatic carbocycles. The number of aromatic hydroxyl groups is 1. The number of hydrogen-bond acceptors (Lipinski definition) is 3. The van der Waals surface area contributed by atoms with Crippen LogP contribution in [-0.4, -0.2) is 16.2 Å². The van der Waals surface area contributed by atoms with Gasteiger partial charge in [-0.1, -0.05) is 11.6 Å². The van der Waals surface area contributed by atoms with E-state index in [0.717, 1.165) is 0 Å². The van der Waals surface area contributed by atoms with Crippen LogP contribution in [0, 0.1) is 0 Å². The van der Waals surface area contributed by atoms with Crippen LogP contribution in [0.4, 0.5) is 13.2 Å². The third-order valence-electron chi connectivity index (χ3n) is 2.02. The number of hydrogen-bond donors (Lipinski definition) is 3. The summed E-state index contributed by atoms with van der Waals surface area (Å²) in [6, 6.07) is -0.603.